The monoisotopic (exact) mass is 395 g/mol. The molecule has 144 valence electrons. The van der Waals surface area contributed by atoms with E-state index in [1.807, 2.05) is 36.4 Å². The van der Waals surface area contributed by atoms with Crippen molar-refractivity contribution in [1.82, 2.24) is 15.0 Å². The molecule has 0 saturated heterocycles. The van der Waals surface area contributed by atoms with Crippen molar-refractivity contribution in [3.63, 3.8) is 0 Å². The van der Waals surface area contributed by atoms with E-state index in [9.17, 15) is 0 Å². The fourth-order valence-electron chi connectivity index (χ4n) is 3.39. The third-order valence-electron chi connectivity index (χ3n) is 4.77. The number of nitrogens with one attached hydrogen (secondary N) is 2. The molecule has 0 amide bonds. The van der Waals surface area contributed by atoms with Crippen LogP contribution in [0.5, 0.6) is 5.75 Å². The zero-order chi connectivity index (χ0) is 19.3. The van der Waals surface area contributed by atoms with Crippen LogP contribution in [0.15, 0.2) is 48.7 Å². The molecule has 1 aliphatic rings. The minimum Gasteiger partial charge on any atom is -0.495 e. The average Bonchev–Trinajstić information content (AvgIpc) is 3.22. The first-order valence-corrected chi connectivity index (χ1v) is 9.76. The van der Waals surface area contributed by atoms with Gasteiger partial charge in [0.05, 0.1) is 24.2 Å². The molecule has 7 heteroatoms. The highest BCUT2D eigenvalue weighted by molar-refractivity contribution is 6.31. The van der Waals surface area contributed by atoms with Crippen molar-refractivity contribution in [3.8, 4) is 17.1 Å². The first-order valence-electron chi connectivity index (χ1n) is 9.39. The molecule has 2 heterocycles. The van der Waals surface area contributed by atoms with Crippen molar-refractivity contribution >= 4 is 29.1 Å². The third kappa shape index (κ3) is 4.34. The molecule has 6 nitrogen and oxygen atoms in total. The van der Waals surface area contributed by atoms with Crippen molar-refractivity contribution in [2.45, 2.75) is 31.7 Å². The first kappa shape index (κ1) is 18.5. The second kappa shape index (κ2) is 8.44. The van der Waals surface area contributed by atoms with Crippen LogP contribution in [0.25, 0.3) is 11.4 Å². The Morgan fingerprint density at radius 2 is 1.89 bits per heavy atom. The van der Waals surface area contributed by atoms with Gasteiger partial charge in [-0.05, 0) is 43.2 Å². The number of ether oxygens (including phenoxy) is 1. The van der Waals surface area contributed by atoms with Gasteiger partial charge in [0.2, 0.25) is 5.95 Å². The summed E-state index contributed by atoms with van der Waals surface area (Å²) in [5.41, 5.74) is 2.28. The number of nitrogens with zero attached hydrogens (tertiary/aromatic N) is 3. The Morgan fingerprint density at radius 1 is 1.04 bits per heavy atom. The molecule has 0 radical (unpaired) electrons. The lowest BCUT2D eigenvalue weighted by Gasteiger charge is -2.16. The van der Waals surface area contributed by atoms with Crippen molar-refractivity contribution in [2.24, 2.45) is 0 Å². The summed E-state index contributed by atoms with van der Waals surface area (Å²) in [4.78, 5) is 13.8. The highest BCUT2D eigenvalue weighted by Crippen LogP contribution is 2.31. The van der Waals surface area contributed by atoms with E-state index >= 15 is 0 Å². The number of hydrogen-bond donors (Lipinski definition) is 2. The van der Waals surface area contributed by atoms with Crippen LogP contribution in [0.4, 0.5) is 17.5 Å². The molecule has 1 aromatic carbocycles. The first-order chi connectivity index (χ1) is 13.7. The van der Waals surface area contributed by atoms with E-state index in [1.165, 1.54) is 12.8 Å². The van der Waals surface area contributed by atoms with Gasteiger partial charge in [-0.1, -0.05) is 30.5 Å². The number of rotatable bonds is 6. The van der Waals surface area contributed by atoms with E-state index in [2.05, 4.69) is 25.6 Å². The van der Waals surface area contributed by atoms with Gasteiger partial charge >= 0.3 is 0 Å². The Labute approximate surface area is 169 Å². The van der Waals surface area contributed by atoms with Gasteiger partial charge in [-0.2, -0.15) is 4.98 Å². The largest absolute Gasteiger partial charge is 0.495 e. The summed E-state index contributed by atoms with van der Waals surface area (Å²) < 4.78 is 5.43. The van der Waals surface area contributed by atoms with Crippen molar-refractivity contribution in [3.05, 3.63) is 53.7 Å². The summed E-state index contributed by atoms with van der Waals surface area (Å²) in [6, 6.07) is 13.5. The molecule has 0 spiro atoms. The minimum absolute atomic E-state index is 0.410. The van der Waals surface area contributed by atoms with Crippen LogP contribution in [0.3, 0.4) is 0 Å². The maximum absolute atomic E-state index is 6.16. The van der Waals surface area contributed by atoms with Crippen LogP contribution in [0.1, 0.15) is 25.7 Å². The second-order valence-corrected chi connectivity index (χ2v) is 7.21. The molecule has 2 N–H and O–H groups in total. The summed E-state index contributed by atoms with van der Waals surface area (Å²) in [6.07, 6.45) is 6.52. The molecule has 0 bridgehead atoms. The van der Waals surface area contributed by atoms with Crippen LogP contribution < -0.4 is 15.4 Å². The molecule has 0 aliphatic heterocycles. The number of hydrogen-bond acceptors (Lipinski definition) is 6. The predicted molar refractivity (Wildman–Crippen MR) is 112 cm³/mol. The molecule has 28 heavy (non-hydrogen) atoms. The van der Waals surface area contributed by atoms with Gasteiger partial charge in [0, 0.05) is 23.3 Å². The predicted octanol–water partition coefficient (Wildman–Crippen LogP) is 5.30. The highest BCUT2D eigenvalue weighted by Gasteiger charge is 2.17. The molecule has 0 unspecified atom stereocenters. The SMILES string of the molecule is COc1ccc(Cl)cc1Nc1cc(-c2ccccn2)nc(NC2CCCC2)n1. The van der Waals surface area contributed by atoms with Crippen molar-refractivity contribution in [2.75, 3.05) is 17.7 Å². The molecule has 1 aliphatic carbocycles. The Kier molecular flexibility index (Phi) is 5.58. The zero-order valence-corrected chi connectivity index (χ0v) is 16.4. The molecule has 0 atom stereocenters. The van der Waals surface area contributed by atoms with Gasteiger partial charge in [0.25, 0.3) is 0 Å². The van der Waals surface area contributed by atoms with E-state index in [-0.39, 0.29) is 0 Å². The smallest absolute Gasteiger partial charge is 0.225 e. The van der Waals surface area contributed by atoms with Crippen molar-refractivity contribution < 1.29 is 4.74 Å². The number of pyridine rings is 1. The summed E-state index contributed by atoms with van der Waals surface area (Å²) in [6.45, 7) is 0. The molecule has 4 rings (SSSR count). The lowest BCUT2D eigenvalue weighted by atomic mass is 10.2. The molecular weight excluding hydrogens is 374 g/mol. The number of anilines is 3. The lowest BCUT2D eigenvalue weighted by Crippen LogP contribution is -2.17. The standard InChI is InChI=1S/C21H22ClN5O/c1-28-19-10-9-14(22)12-18(19)25-20-13-17(16-8-4-5-11-23-16)26-21(27-20)24-15-6-2-3-7-15/h4-5,8-13,15H,2-3,6-7H2,1H3,(H2,24,25,26,27). The van der Waals surface area contributed by atoms with Crippen LogP contribution >= 0.6 is 11.6 Å². The number of benzene rings is 1. The third-order valence-corrected chi connectivity index (χ3v) is 5.00. The number of halogens is 1. The Morgan fingerprint density at radius 3 is 2.64 bits per heavy atom. The maximum Gasteiger partial charge on any atom is 0.225 e. The van der Waals surface area contributed by atoms with E-state index in [0.29, 0.717) is 28.6 Å². The number of methoxy groups -OCH3 is 1. The number of aromatic nitrogens is 3. The minimum atomic E-state index is 0.410. The van der Waals surface area contributed by atoms with E-state index in [4.69, 9.17) is 16.3 Å². The van der Waals surface area contributed by atoms with Crippen molar-refractivity contribution in [1.29, 1.82) is 0 Å². The van der Waals surface area contributed by atoms with E-state index in [1.54, 1.807) is 19.4 Å². The summed E-state index contributed by atoms with van der Waals surface area (Å²) in [7, 11) is 1.63. The maximum atomic E-state index is 6.16. The van der Waals surface area contributed by atoms with Gasteiger partial charge in [0.15, 0.2) is 0 Å². The lowest BCUT2D eigenvalue weighted by molar-refractivity contribution is 0.417. The van der Waals surface area contributed by atoms with Gasteiger partial charge in [-0.3, -0.25) is 4.98 Å². The fourth-order valence-corrected chi connectivity index (χ4v) is 3.56. The molecule has 2 aromatic heterocycles. The molecule has 1 saturated carbocycles. The summed E-state index contributed by atoms with van der Waals surface area (Å²) in [5, 5.41) is 7.40. The zero-order valence-electron chi connectivity index (χ0n) is 15.7. The fraction of sp³-hybridized carbons (Fsp3) is 0.286. The summed E-state index contributed by atoms with van der Waals surface area (Å²) in [5.74, 6) is 1.93. The van der Waals surface area contributed by atoms with E-state index in [0.717, 1.165) is 29.9 Å². The van der Waals surface area contributed by atoms with Gasteiger partial charge < -0.3 is 15.4 Å². The Bertz CT molecular complexity index is 945. The molecule has 3 aromatic rings. The Hall–Kier alpha value is -2.86. The van der Waals surface area contributed by atoms with Crippen LogP contribution in [-0.4, -0.2) is 28.1 Å². The molecular formula is C21H22ClN5O. The normalized spacial score (nSPS) is 14.1. The van der Waals surface area contributed by atoms with Gasteiger partial charge in [0.1, 0.15) is 11.6 Å². The van der Waals surface area contributed by atoms with Gasteiger partial charge in [-0.25, -0.2) is 4.98 Å². The quantitative estimate of drug-likeness (QED) is 0.590. The topological polar surface area (TPSA) is 72.0 Å². The van der Waals surface area contributed by atoms with E-state index < -0.39 is 0 Å². The average molecular weight is 396 g/mol. The van der Waals surface area contributed by atoms with Gasteiger partial charge in [-0.15, -0.1) is 0 Å². The van der Waals surface area contributed by atoms with Crippen LogP contribution in [-0.2, 0) is 0 Å². The van der Waals surface area contributed by atoms with Crippen LogP contribution in [0, 0.1) is 0 Å². The highest BCUT2D eigenvalue weighted by atomic mass is 35.5. The van der Waals surface area contributed by atoms with Crippen LogP contribution in [0.2, 0.25) is 5.02 Å². The summed E-state index contributed by atoms with van der Waals surface area (Å²) >= 11 is 6.16. The second-order valence-electron chi connectivity index (χ2n) is 6.77. The molecule has 1 fully saturated rings. The Balaban J connectivity index is 1.70.